The summed E-state index contributed by atoms with van der Waals surface area (Å²) >= 11 is 0. The van der Waals surface area contributed by atoms with Gasteiger partial charge in [-0.1, -0.05) is 6.07 Å². The molecular formula is C9H9F3N2O3. The van der Waals surface area contributed by atoms with Gasteiger partial charge >= 0.3 is 6.18 Å². The molecule has 0 bridgehead atoms. The summed E-state index contributed by atoms with van der Waals surface area (Å²) in [6.45, 7) is -0.547. The number of nitrogens with two attached hydrogens (primary N) is 1. The molecule has 1 aromatic carbocycles. The lowest BCUT2D eigenvalue weighted by atomic mass is 10.0. The minimum absolute atomic E-state index is 0.00887. The fourth-order valence-corrected chi connectivity index (χ4v) is 1.28. The first-order valence-corrected chi connectivity index (χ1v) is 4.49. The summed E-state index contributed by atoms with van der Waals surface area (Å²) < 4.78 is 37.6. The molecule has 0 aliphatic carbocycles. The van der Waals surface area contributed by atoms with E-state index in [1.54, 1.807) is 0 Å². The minimum atomic E-state index is -4.84. The van der Waals surface area contributed by atoms with E-state index in [-0.39, 0.29) is 5.56 Å². The second-order valence-corrected chi connectivity index (χ2v) is 3.32. The third-order valence-corrected chi connectivity index (χ3v) is 2.15. The lowest BCUT2D eigenvalue weighted by Crippen LogP contribution is -2.16. The molecule has 1 rings (SSSR count). The Labute approximate surface area is 93.8 Å². The van der Waals surface area contributed by atoms with Gasteiger partial charge in [0.1, 0.15) is 5.56 Å². The SMILES string of the molecule is N[C@@H](CO)c1ccc([N+](=O)[O-])c(C(F)(F)F)c1. The summed E-state index contributed by atoms with van der Waals surface area (Å²) in [5, 5.41) is 19.2. The van der Waals surface area contributed by atoms with E-state index in [0.717, 1.165) is 12.1 Å². The maximum absolute atomic E-state index is 12.5. The largest absolute Gasteiger partial charge is 0.423 e. The summed E-state index contributed by atoms with van der Waals surface area (Å²) in [5.41, 5.74) is 2.93. The Balaban J connectivity index is 3.35. The van der Waals surface area contributed by atoms with E-state index in [1.807, 2.05) is 0 Å². The average molecular weight is 250 g/mol. The topological polar surface area (TPSA) is 89.4 Å². The number of benzene rings is 1. The predicted octanol–water partition coefficient (Wildman–Crippen LogP) is 1.61. The first kappa shape index (κ1) is 13.4. The van der Waals surface area contributed by atoms with Crippen molar-refractivity contribution in [1.82, 2.24) is 0 Å². The first-order chi connectivity index (χ1) is 7.77. The first-order valence-electron chi connectivity index (χ1n) is 4.49. The highest BCUT2D eigenvalue weighted by Gasteiger charge is 2.38. The molecule has 5 nitrogen and oxygen atoms in total. The van der Waals surface area contributed by atoms with Crippen LogP contribution in [0.3, 0.4) is 0 Å². The fourth-order valence-electron chi connectivity index (χ4n) is 1.28. The number of rotatable bonds is 3. The van der Waals surface area contributed by atoms with Crippen LogP contribution in [-0.4, -0.2) is 16.6 Å². The van der Waals surface area contributed by atoms with Crippen molar-refractivity contribution in [3.63, 3.8) is 0 Å². The van der Waals surface area contributed by atoms with Gasteiger partial charge in [0.15, 0.2) is 0 Å². The van der Waals surface area contributed by atoms with Crippen LogP contribution in [0.4, 0.5) is 18.9 Å². The summed E-state index contributed by atoms with van der Waals surface area (Å²) in [6, 6.07) is 1.40. The number of nitro benzene ring substituents is 1. The number of nitro groups is 1. The number of aliphatic hydroxyl groups excluding tert-OH is 1. The molecule has 0 aromatic heterocycles. The Kier molecular flexibility index (Phi) is 3.69. The molecule has 0 radical (unpaired) electrons. The maximum Gasteiger partial charge on any atom is 0.423 e. The van der Waals surface area contributed by atoms with Crippen LogP contribution in [0.25, 0.3) is 0 Å². The van der Waals surface area contributed by atoms with Crippen molar-refractivity contribution in [3.8, 4) is 0 Å². The number of hydrogen-bond acceptors (Lipinski definition) is 4. The van der Waals surface area contributed by atoms with Crippen molar-refractivity contribution in [2.24, 2.45) is 5.73 Å². The highest BCUT2D eigenvalue weighted by atomic mass is 19.4. The Morgan fingerprint density at radius 1 is 1.47 bits per heavy atom. The standard InChI is InChI=1S/C9H9F3N2O3/c10-9(11,12)6-3-5(7(13)4-15)1-2-8(6)14(16)17/h1-3,7,15H,4,13H2/t7-/m0/s1. The van der Waals surface area contributed by atoms with Crippen LogP contribution in [0.2, 0.25) is 0 Å². The zero-order valence-corrected chi connectivity index (χ0v) is 8.44. The summed E-state index contributed by atoms with van der Waals surface area (Å²) in [5.74, 6) is 0. The highest BCUT2D eigenvalue weighted by Crippen LogP contribution is 2.37. The van der Waals surface area contributed by atoms with Crippen molar-refractivity contribution in [2.45, 2.75) is 12.2 Å². The molecule has 0 fully saturated rings. The number of nitrogens with zero attached hydrogens (tertiary/aromatic N) is 1. The van der Waals surface area contributed by atoms with Gasteiger partial charge < -0.3 is 10.8 Å². The van der Waals surface area contributed by atoms with Crippen LogP contribution in [0, 0.1) is 10.1 Å². The van der Waals surface area contributed by atoms with E-state index >= 15 is 0 Å². The number of hydrogen-bond donors (Lipinski definition) is 2. The van der Waals surface area contributed by atoms with E-state index in [2.05, 4.69) is 0 Å². The Morgan fingerprint density at radius 2 is 2.06 bits per heavy atom. The normalized spacial score (nSPS) is 13.5. The molecule has 0 aliphatic rings. The van der Waals surface area contributed by atoms with Gasteiger partial charge in [-0.2, -0.15) is 13.2 Å². The molecule has 0 unspecified atom stereocenters. The third-order valence-electron chi connectivity index (χ3n) is 2.15. The Hall–Kier alpha value is -1.67. The lowest BCUT2D eigenvalue weighted by Gasteiger charge is -2.12. The average Bonchev–Trinajstić information content (AvgIpc) is 2.25. The van der Waals surface area contributed by atoms with Gasteiger partial charge in [0.05, 0.1) is 17.6 Å². The van der Waals surface area contributed by atoms with Crippen LogP contribution in [0.5, 0.6) is 0 Å². The van der Waals surface area contributed by atoms with E-state index < -0.39 is 35.0 Å². The summed E-state index contributed by atoms with van der Waals surface area (Å²) in [6.07, 6.45) is -4.84. The molecule has 3 N–H and O–H groups in total. The lowest BCUT2D eigenvalue weighted by molar-refractivity contribution is -0.388. The van der Waals surface area contributed by atoms with Crippen LogP contribution < -0.4 is 5.73 Å². The van der Waals surface area contributed by atoms with E-state index in [1.165, 1.54) is 0 Å². The van der Waals surface area contributed by atoms with Gasteiger partial charge in [0.2, 0.25) is 0 Å². The zero-order chi connectivity index (χ0) is 13.2. The molecule has 0 saturated carbocycles. The minimum Gasteiger partial charge on any atom is -0.394 e. The van der Waals surface area contributed by atoms with Crippen LogP contribution in [0.1, 0.15) is 17.2 Å². The second kappa shape index (κ2) is 4.68. The van der Waals surface area contributed by atoms with Gasteiger partial charge in [0, 0.05) is 6.07 Å². The number of aliphatic hydroxyl groups is 1. The smallest absolute Gasteiger partial charge is 0.394 e. The van der Waals surface area contributed by atoms with E-state index in [0.29, 0.717) is 6.07 Å². The molecule has 17 heavy (non-hydrogen) atoms. The molecule has 0 amide bonds. The third kappa shape index (κ3) is 2.92. The van der Waals surface area contributed by atoms with Crippen molar-refractivity contribution >= 4 is 5.69 Å². The van der Waals surface area contributed by atoms with E-state index in [9.17, 15) is 23.3 Å². The number of halogens is 3. The Morgan fingerprint density at radius 3 is 2.47 bits per heavy atom. The number of alkyl halides is 3. The molecule has 1 atom stereocenters. The molecule has 1 aromatic rings. The fraction of sp³-hybridized carbons (Fsp3) is 0.333. The quantitative estimate of drug-likeness (QED) is 0.629. The second-order valence-electron chi connectivity index (χ2n) is 3.32. The monoisotopic (exact) mass is 250 g/mol. The molecule has 94 valence electrons. The van der Waals surface area contributed by atoms with Crippen LogP contribution in [0.15, 0.2) is 18.2 Å². The van der Waals surface area contributed by atoms with E-state index in [4.69, 9.17) is 10.8 Å². The van der Waals surface area contributed by atoms with Crippen molar-refractivity contribution in [2.75, 3.05) is 6.61 Å². The molecule has 8 heteroatoms. The van der Waals surface area contributed by atoms with Gasteiger partial charge in [-0.3, -0.25) is 10.1 Å². The van der Waals surface area contributed by atoms with Crippen molar-refractivity contribution in [1.29, 1.82) is 0 Å². The van der Waals surface area contributed by atoms with Gasteiger partial charge in [-0.15, -0.1) is 0 Å². The molecule has 0 saturated heterocycles. The van der Waals surface area contributed by atoms with Gasteiger partial charge in [-0.25, -0.2) is 0 Å². The van der Waals surface area contributed by atoms with Gasteiger partial charge in [0.25, 0.3) is 5.69 Å². The van der Waals surface area contributed by atoms with Crippen LogP contribution in [-0.2, 0) is 6.18 Å². The Bertz CT molecular complexity index is 434. The summed E-state index contributed by atoms with van der Waals surface area (Å²) in [7, 11) is 0. The molecule has 0 spiro atoms. The maximum atomic E-state index is 12.5. The zero-order valence-electron chi connectivity index (χ0n) is 8.44. The molecular weight excluding hydrogens is 241 g/mol. The highest BCUT2D eigenvalue weighted by molar-refractivity contribution is 5.45. The van der Waals surface area contributed by atoms with Crippen LogP contribution >= 0.6 is 0 Å². The van der Waals surface area contributed by atoms with Crippen molar-refractivity contribution < 1.29 is 23.2 Å². The predicted molar refractivity (Wildman–Crippen MR) is 52.1 cm³/mol. The molecule has 0 heterocycles. The summed E-state index contributed by atoms with van der Waals surface area (Å²) in [4.78, 5) is 9.33. The van der Waals surface area contributed by atoms with Gasteiger partial charge in [-0.05, 0) is 11.6 Å². The van der Waals surface area contributed by atoms with Crippen molar-refractivity contribution in [3.05, 3.63) is 39.4 Å². The molecule has 0 aliphatic heterocycles.